The van der Waals surface area contributed by atoms with E-state index in [1.54, 1.807) is 29.3 Å². The lowest BCUT2D eigenvalue weighted by atomic mass is 9.73. The number of benzene rings is 2. The van der Waals surface area contributed by atoms with Crippen molar-refractivity contribution in [2.45, 2.75) is 32.1 Å². The number of aromatic nitrogens is 3. The van der Waals surface area contributed by atoms with Gasteiger partial charge in [-0.25, -0.2) is 9.37 Å². The fraction of sp³-hybridized carbons (Fsp3) is 0.306. The number of anilines is 2. The Morgan fingerprint density at radius 1 is 1.02 bits per heavy atom. The van der Waals surface area contributed by atoms with E-state index < -0.39 is 5.82 Å². The van der Waals surface area contributed by atoms with Crippen molar-refractivity contribution in [1.29, 1.82) is 0 Å². The van der Waals surface area contributed by atoms with Gasteiger partial charge in [0.15, 0.2) is 5.78 Å². The highest BCUT2D eigenvalue weighted by Gasteiger charge is 2.45. The van der Waals surface area contributed by atoms with E-state index in [0.717, 1.165) is 71.4 Å². The van der Waals surface area contributed by atoms with Gasteiger partial charge in [-0.1, -0.05) is 12.1 Å². The van der Waals surface area contributed by atoms with Crippen molar-refractivity contribution in [3.8, 4) is 21.2 Å². The van der Waals surface area contributed by atoms with Gasteiger partial charge in [-0.05, 0) is 85.3 Å². The molecule has 3 aliphatic heterocycles. The summed E-state index contributed by atoms with van der Waals surface area (Å²) in [5.74, 6) is 0.641. The van der Waals surface area contributed by atoms with Gasteiger partial charge in [0.2, 0.25) is 6.39 Å². The highest BCUT2D eigenvalue weighted by Crippen LogP contribution is 2.45. The molecule has 0 saturated carbocycles. The minimum atomic E-state index is -0.410. The third-order valence-corrected chi connectivity index (χ3v) is 10.8. The van der Waals surface area contributed by atoms with Crippen LogP contribution < -0.4 is 9.80 Å². The molecule has 3 aliphatic rings. The summed E-state index contributed by atoms with van der Waals surface area (Å²) in [5, 5.41) is 7.81. The Morgan fingerprint density at radius 3 is 2.64 bits per heavy atom. The number of halogens is 1. The molecule has 47 heavy (non-hydrogen) atoms. The Labute approximate surface area is 275 Å². The van der Waals surface area contributed by atoms with E-state index in [1.165, 1.54) is 29.9 Å². The second kappa shape index (κ2) is 12.1. The number of pyridine rings is 1. The number of nitrogens with zero attached hydrogens (tertiary/aromatic N) is 5. The number of amides is 1. The topological polar surface area (TPSA) is 102 Å². The fourth-order valence-corrected chi connectivity index (χ4v) is 8.15. The van der Waals surface area contributed by atoms with Crippen LogP contribution in [0.5, 0.6) is 0 Å². The number of thiophene rings is 1. The van der Waals surface area contributed by atoms with Gasteiger partial charge < -0.3 is 19.0 Å². The molecule has 2 fully saturated rings. The Balaban J connectivity index is 0.955. The molecule has 6 heterocycles. The summed E-state index contributed by atoms with van der Waals surface area (Å²) in [4.78, 5) is 37.5. The van der Waals surface area contributed by atoms with Crippen molar-refractivity contribution in [2.75, 3.05) is 42.6 Å². The summed E-state index contributed by atoms with van der Waals surface area (Å²) in [6.07, 6.45) is 6.62. The summed E-state index contributed by atoms with van der Waals surface area (Å²) in [6.45, 7) is 3.81. The maximum Gasteiger partial charge on any atom is 0.258 e. The maximum atomic E-state index is 14.6. The average Bonchev–Trinajstić information content (AvgIpc) is 3.75. The molecule has 1 amide bonds. The molecule has 0 atom stereocenters. The van der Waals surface area contributed by atoms with E-state index in [9.17, 15) is 14.0 Å². The molecule has 11 heteroatoms. The number of hydrogen-bond acceptors (Lipinski definition) is 9. The number of Topliss-reactive ketones (excluding diaryl/α,β-unsaturated/α-hetero) is 1. The molecule has 8 rings (SSSR count). The van der Waals surface area contributed by atoms with Gasteiger partial charge in [0.1, 0.15) is 11.6 Å². The zero-order valence-corrected chi connectivity index (χ0v) is 26.5. The van der Waals surface area contributed by atoms with Gasteiger partial charge in [0, 0.05) is 66.9 Å². The number of carbonyl (C=O) groups excluding carboxylic acids is 2. The lowest BCUT2D eigenvalue weighted by Gasteiger charge is -2.53. The summed E-state index contributed by atoms with van der Waals surface area (Å²) in [7, 11) is 0. The van der Waals surface area contributed by atoms with Gasteiger partial charge in [-0.15, -0.1) is 21.5 Å². The third kappa shape index (κ3) is 5.63. The number of hydrogen-bond donors (Lipinski definition) is 0. The second-order valence-corrected chi connectivity index (χ2v) is 13.6. The number of aryl methyl sites for hydroxylation is 1. The predicted octanol–water partition coefficient (Wildman–Crippen LogP) is 6.63. The first-order valence-corrected chi connectivity index (χ1v) is 16.7. The first kappa shape index (κ1) is 29.6. The molecule has 0 aliphatic carbocycles. The average molecular weight is 650 g/mol. The first-order chi connectivity index (χ1) is 23.0. The Hall–Kier alpha value is -4.74. The molecule has 1 spiro atoms. The summed E-state index contributed by atoms with van der Waals surface area (Å²) < 4.78 is 25.5. The highest BCUT2D eigenvalue weighted by atomic mass is 32.1. The molecule has 2 saturated heterocycles. The molecule has 9 nitrogen and oxygen atoms in total. The van der Waals surface area contributed by atoms with Crippen LogP contribution in [0.4, 0.5) is 15.9 Å². The van der Waals surface area contributed by atoms with Crippen LogP contribution in [-0.4, -0.2) is 59.7 Å². The van der Waals surface area contributed by atoms with Crippen LogP contribution in [0, 0.1) is 11.2 Å². The fourth-order valence-electron chi connectivity index (χ4n) is 6.97. The summed E-state index contributed by atoms with van der Waals surface area (Å²) in [6, 6.07) is 17.6. The number of ketones is 1. The number of carbonyl (C=O) groups is 2. The normalized spacial score (nSPS) is 16.7. The third-order valence-electron chi connectivity index (χ3n) is 9.56. The maximum absolute atomic E-state index is 14.6. The van der Waals surface area contributed by atoms with Gasteiger partial charge >= 0.3 is 0 Å². The summed E-state index contributed by atoms with van der Waals surface area (Å²) >= 11 is 1.49. The van der Waals surface area contributed by atoms with Crippen LogP contribution in [0.15, 0.2) is 77.7 Å². The van der Waals surface area contributed by atoms with E-state index in [0.29, 0.717) is 48.5 Å². The van der Waals surface area contributed by atoms with Gasteiger partial charge in [0.25, 0.3) is 11.8 Å². The molecule has 5 aromatic rings. The number of rotatable bonds is 7. The van der Waals surface area contributed by atoms with Crippen LogP contribution in [0.3, 0.4) is 0 Å². The SMILES string of the molecule is O=C(CCc1ccc(C(=O)N2CCc3cc(-c4nnco4)sc3-c3ccc(F)cc32)cc1)c1cccnc1N1CC2(CCOCC2)C1. The Morgan fingerprint density at radius 2 is 1.85 bits per heavy atom. The van der Waals surface area contributed by atoms with E-state index >= 15 is 0 Å². The van der Waals surface area contributed by atoms with Gasteiger partial charge in [-0.2, -0.15) is 0 Å². The van der Waals surface area contributed by atoms with Crippen molar-refractivity contribution in [3.05, 3.63) is 101 Å². The van der Waals surface area contributed by atoms with Crippen LogP contribution in [0.25, 0.3) is 21.2 Å². The quantitative estimate of drug-likeness (QED) is 0.181. The molecule has 0 N–H and O–H groups in total. The van der Waals surface area contributed by atoms with E-state index in [2.05, 4.69) is 20.1 Å². The van der Waals surface area contributed by atoms with Gasteiger partial charge in [-0.3, -0.25) is 9.59 Å². The number of fused-ring (bicyclic) bond motifs is 3. The molecule has 238 valence electrons. The van der Waals surface area contributed by atoms with Crippen molar-refractivity contribution < 1.29 is 23.1 Å². The minimum absolute atomic E-state index is 0.0547. The molecule has 0 unspecified atom stereocenters. The highest BCUT2D eigenvalue weighted by molar-refractivity contribution is 7.19. The Kier molecular flexibility index (Phi) is 7.65. The summed E-state index contributed by atoms with van der Waals surface area (Å²) in [5.41, 5.74) is 4.76. The van der Waals surface area contributed by atoms with Crippen molar-refractivity contribution in [2.24, 2.45) is 5.41 Å². The van der Waals surface area contributed by atoms with Crippen molar-refractivity contribution in [3.63, 3.8) is 0 Å². The van der Waals surface area contributed by atoms with Crippen LogP contribution in [0.1, 0.15) is 51.1 Å². The lowest BCUT2D eigenvalue weighted by Crippen LogP contribution is -2.59. The molecular weight excluding hydrogens is 617 g/mol. The van der Waals surface area contributed by atoms with E-state index in [1.807, 2.05) is 30.3 Å². The van der Waals surface area contributed by atoms with Crippen LogP contribution in [0.2, 0.25) is 0 Å². The zero-order chi connectivity index (χ0) is 32.0. The van der Waals surface area contributed by atoms with Crippen LogP contribution >= 0.6 is 11.3 Å². The van der Waals surface area contributed by atoms with E-state index in [4.69, 9.17) is 9.15 Å². The molecule has 2 aromatic carbocycles. The minimum Gasteiger partial charge on any atom is -0.423 e. The predicted molar refractivity (Wildman–Crippen MR) is 176 cm³/mol. The largest absolute Gasteiger partial charge is 0.423 e. The van der Waals surface area contributed by atoms with Gasteiger partial charge in [0.05, 0.1) is 16.1 Å². The number of ether oxygens (including phenoxy) is 1. The van der Waals surface area contributed by atoms with Crippen LogP contribution in [-0.2, 0) is 17.6 Å². The van der Waals surface area contributed by atoms with Crippen molar-refractivity contribution in [1.82, 2.24) is 15.2 Å². The van der Waals surface area contributed by atoms with Crippen molar-refractivity contribution >= 4 is 34.5 Å². The molecular formula is C36H32FN5O4S. The molecule has 0 radical (unpaired) electrons. The molecule has 0 bridgehead atoms. The smallest absolute Gasteiger partial charge is 0.258 e. The first-order valence-electron chi connectivity index (χ1n) is 15.9. The monoisotopic (exact) mass is 649 g/mol. The lowest BCUT2D eigenvalue weighted by molar-refractivity contribution is -0.000514. The Bertz CT molecular complexity index is 1940. The standard InChI is InChI=1S/C36H32FN5O4S/c37-26-8-9-27-29(19-26)42(15-11-25-18-31(47-32(25)27)34-40-39-22-46-34)35(44)24-6-3-23(4-7-24)5-10-30(43)28-2-1-14-38-33(28)41-20-36(21-41)12-16-45-17-13-36/h1-4,6-9,14,18-19,22H,5,10-13,15-17,20-21H2. The second-order valence-electron chi connectivity index (χ2n) is 12.5. The molecule has 3 aromatic heterocycles. The van der Waals surface area contributed by atoms with E-state index in [-0.39, 0.29) is 17.1 Å². The zero-order valence-electron chi connectivity index (χ0n) is 25.7.